The first-order chi connectivity index (χ1) is 11.6. The molecule has 0 atom stereocenters. The van der Waals surface area contributed by atoms with Crippen LogP contribution in [0.4, 0.5) is 0 Å². The van der Waals surface area contributed by atoms with Crippen LogP contribution >= 0.6 is 27.5 Å². The van der Waals surface area contributed by atoms with Crippen molar-refractivity contribution in [3.05, 3.63) is 68.5 Å². The third-order valence-corrected chi connectivity index (χ3v) is 4.01. The number of hydrogen-bond donors (Lipinski definition) is 2. The molecule has 0 aliphatic carbocycles. The monoisotopic (exact) mass is 447 g/mol. The van der Waals surface area contributed by atoms with Crippen LogP contribution in [0.1, 0.15) is 15.9 Å². The van der Waals surface area contributed by atoms with Gasteiger partial charge in [-0.05, 0) is 42.0 Å². The van der Waals surface area contributed by atoms with Crippen LogP contribution in [-0.2, 0) is 10.1 Å². The molecule has 134 valence electrons. The number of amides is 1. The summed E-state index contributed by atoms with van der Waals surface area (Å²) >= 11 is 8.90. The van der Waals surface area contributed by atoms with Crippen molar-refractivity contribution >= 4 is 49.6 Å². The molecule has 0 aliphatic heterocycles. The first-order valence-corrected chi connectivity index (χ1v) is 9.34. The molecular weight excluding hydrogens is 434 g/mol. The third kappa shape index (κ3) is 8.17. The number of rotatable bonds is 4. The predicted octanol–water partition coefficient (Wildman–Crippen LogP) is 3.76. The van der Waals surface area contributed by atoms with Crippen LogP contribution in [0, 0.1) is 0 Å². The number of carbonyl (C=O) groups is 1. The number of nitrogens with two attached hydrogens (primary N) is 1. The molecule has 1 amide bonds. The molecule has 2 aromatic rings. The lowest BCUT2D eigenvalue weighted by Crippen LogP contribution is -2.11. The van der Waals surface area contributed by atoms with Crippen molar-refractivity contribution in [3.8, 4) is 5.75 Å². The summed E-state index contributed by atoms with van der Waals surface area (Å²) in [6.07, 6.45) is 1.29. The Hall–Kier alpha value is -1.87. The largest absolute Gasteiger partial charge is 0.497 e. The fourth-order valence-electron chi connectivity index (χ4n) is 1.60. The van der Waals surface area contributed by atoms with Gasteiger partial charge in [0, 0.05) is 4.47 Å². The summed E-state index contributed by atoms with van der Waals surface area (Å²) in [7, 11) is -2.54. The Bertz CT molecular complexity index is 884. The standard InChI is InChI=1S/C9H10O4S.C7H5BrClNO/c1-13-9-4-2-3-8(7-9)5-6-14(10,11)12;8-4-1-2-5(7(10)11)6(9)3-4/h2-7H,1H3,(H,10,11,12);1-3H,(H2,10,11)/b6-5+;. The zero-order valence-corrected chi connectivity index (χ0v) is 16.2. The van der Waals surface area contributed by atoms with Gasteiger partial charge in [-0.15, -0.1) is 0 Å². The van der Waals surface area contributed by atoms with Crippen molar-refractivity contribution in [1.82, 2.24) is 0 Å². The van der Waals surface area contributed by atoms with Crippen molar-refractivity contribution < 1.29 is 22.5 Å². The Labute approximate surface area is 159 Å². The molecule has 0 aliphatic rings. The summed E-state index contributed by atoms with van der Waals surface area (Å²) in [6, 6.07) is 11.7. The Morgan fingerprint density at radius 3 is 2.48 bits per heavy atom. The fraction of sp³-hybridized carbons (Fsp3) is 0.0625. The van der Waals surface area contributed by atoms with Crippen LogP contribution in [0.2, 0.25) is 5.02 Å². The molecule has 25 heavy (non-hydrogen) atoms. The number of methoxy groups -OCH3 is 1. The maximum absolute atomic E-state index is 10.7. The minimum absolute atomic E-state index is 0.342. The van der Waals surface area contributed by atoms with E-state index in [0.717, 1.165) is 9.88 Å². The lowest BCUT2D eigenvalue weighted by atomic mass is 10.2. The Morgan fingerprint density at radius 2 is 1.96 bits per heavy atom. The summed E-state index contributed by atoms with van der Waals surface area (Å²) in [6.45, 7) is 0. The van der Waals surface area contributed by atoms with E-state index in [1.807, 2.05) is 0 Å². The zero-order valence-electron chi connectivity index (χ0n) is 13.0. The third-order valence-electron chi connectivity index (χ3n) is 2.72. The topological polar surface area (TPSA) is 107 Å². The van der Waals surface area contributed by atoms with Gasteiger partial charge < -0.3 is 10.5 Å². The molecule has 0 saturated heterocycles. The molecule has 9 heteroatoms. The van der Waals surface area contributed by atoms with Gasteiger partial charge in [0.25, 0.3) is 10.1 Å². The normalized spacial score (nSPS) is 10.9. The first-order valence-electron chi connectivity index (χ1n) is 6.67. The second-order valence-electron chi connectivity index (χ2n) is 4.58. The highest BCUT2D eigenvalue weighted by atomic mass is 79.9. The SMILES string of the molecule is COc1cccc(/C=C/S(=O)(=O)O)c1.NC(=O)c1ccc(Br)cc1Cl. The highest BCUT2D eigenvalue weighted by Crippen LogP contribution is 2.20. The molecule has 0 fully saturated rings. The van der Waals surface area contributed by atoms with Crippen LogP contribution in [0.15, 0.2) is 52.3 Å². The average molecular weight is 449 g/mol. The van der Waals surface area contributed by atoms with Gasteiger partial charge in [0.05, 0.1) is 23.1 Å². The van der Waals surface area contributed by atoms with E-state index in [1.54, 1.807) is 42.5 Å². The van der Waals surface area contributed by atoms with Crippen LogP contribution in [0.3, 0.4) is 0 Å². The first kappa shape index (κ1) is 21.2. The summed E-state index contributed by atoms with van der Waals surface area (Å²) in [5.74, 6) is 0.116. The van der Waals surface area contributed by atoms with E-state index in [9.17, 15) is 13.2 Å². The molecule has 2 aromatic carbocycles. The van der Waals surface area contributed by atoms with Crippen molar-refractivity contribution in [3.63, 3.8) is 0 Å². The minimum atomic E-state index is -4.06. The van der Waals surface area contributed by atoms with Crippen LogP contribution in [-0.4, -0.2) is 26.0 Å². The minimum Gasteiger partial charge on any atom is -0.497 e. The van der Waals surface area contributed by atoms with E-state index in [-0.39, 0.29) is 0 Å². The lowest BCUT2D eigenvalue weighted by molar-refractivity contribution is 0.100. The van der Waals surface area contributed by atoms with Gasteiger partial charge in [-0.2, -0.15) is 8.42 Å². The molecule has 0 bridgehead atoms. The number of benzene rings is 2. The lowest BCUT2D eigenvalue weighted by Gasteiger charge is -1.99. The summed E-state index contributed by atoms with van der Waals surface area (Å²) < 4.78 is 35.0. The fourth-order valence-corrected chi connectivity index (χ4v) is 2.69. The van der Waals surface area contributed by atoms with Gasteiger partial charge >= 0.3 is 0 Å². The zero-order chi connectivity index (χ0) is 19.0. The highest BCUT2D eigenvalue weighted by molar-refractivity contribution is 9.10. The van der Waals surface area contributed by atoms with E-state index in [1.165, 1.54) is 13.2 Å². The number of halogens is 2. The van der Waals surface area contributed by atoms with E-state index < -0.39 is 16.0 Å². The molecule has 0 unspecified atom stereocenters. The maximum atomic E-state index is 10.7. The van der Waals surface area contributed by atoms with Crippen molar-refractivity contribution in [2.24, 2.45) is 5.73 Å². The van der Waals surface area contributed by atoms with Gasteiger partial charge in [-0.3, -0.25) is 9.35 Å². The molecule has 0 radical (unpaired) electrons. The highest BCUT2D eigenvalue weighted by Gasteiger charge is 2.05. The van der Waals surface area contributed by atoms with Gasteiger partial charge in [0.2, 0.25) is 5.91 Å². The molecule has 3 N–H and O–H groups in total. The van der Waals surface area contributed by atoms with Crippen molar-refractivity contribution in [2.45, 2.75) is 0 Å². The number of ether oxygens (including phenoxy) is 1. The Balaban J connectivity index is 0.000000257. The Morgan fingerprint density at radius 1 is 1.28 bits per heavy atom. The van der Waals surface area contributed by atoms with Gasteiger partial charge in [0.15, 0.2) is 0 Å². The van der Waals surface area contributed by atoms with Gasteiger partial charge in [0.1, 0.15) is 5.75 Å². The molecule has 0 spiro atoms. The van der Waals surface area contributed by atoms with E-state index >= 15 is 0 Å². The average Bonchev–Trinajstić information content (AvgIpc) is 2.52. The summed E-state index contributed by atoms with van der Waals surface area (Å²) in [5, 5.41) is 1.09. The van der Waals surface area contributed by atoms with Crippen molar-refractivity contribution in [2.75, 3.05) is 7.11 Å². The summed E-state index contributed by atoms with van der Waals surface area (Å²) in [5.41, 5.74) is 6.01. The van der Waals surface area contributed by atoms with Gasteiger partial charge in [-0.1, -0.05) is 39.7 Å². The molecule has 0 saturated carbocycles. The molecule has 0 aromatic heterocycles. The number of hydrogen-bond acceptors (Lipinski definition) is 4. The molecular formula is C16H15BrClNO5S. The Kier molecular flexibility index (Phi) is 8.11. The van der Waals surface area contributed by atoms with E-state index in [0.29, 0.717) is 21.9 Å². The second-order valence-corrected chi connectivity index (χ2v) is 7.21. The number of carbonyl (C=O) groups excluding carboxylic acids is 1. The predicted molar refractivity (Wildman–Crippen MR) is 101 cm³/mol. The molecule has 6 nitrogen and oxygen atoms in total. The number of primary amides is 1. The van der Waals surface area contributed by atoms with Crippen LogP contribution in [0.5, 0.6) is 5.75 Å². The van der Waals surface area contributed by atoms with Gasteiger partial charge in [-0.25, -0.2) is 0 Å². The smallest absolute Gasteiger partial charge is 0.287 e. The molecule has 2 rings (SSSR count). The summed E-state index contributed by atoms with van der Waals surface area (Å²) in [4.78, 5) is 10.7. The quantitative estimate of drug-likeness (QED) is 0.693. The van der Waals surface area contributed by atoms with Crippen LogP contribution < -0.4 is 10.5 Å². The van der Waals surface area contributed by atoms with E-state index in [2.05, 4.69) is 15.9 Å². The molecule has 0 heterocycles. The van der Waals surface area contributed by atoms with E-state index in [4.69, 9.17) is 26.6 Å². The maximum Gasteiger partial charge on any atom is 0.287 e. The second kappa shape index (κ2) is 9.57. The van der Waals surface area contributed by atoms with Crippen LogP contribution in [0.25, 0.3) is 6.08 Å². The van der Waals surface area contributed by atoms with Crippen molar-refractivity contribution in [1.29, 1.82) is 0 Å².